The van der Waals surface area contributed by atoms with Gasteiger partial charge in [0.15, 0.2) is 0 Å². The Morgan fingerprint density at radius 3 is 1.58 bits per heavy atom. The van der Waals surface area contributed by atoms with Crippen molar-refractivity contribution in [3.05, 3.63) is 120 Å². The van der Waals surface area contributed by atoms with E-state index in [9.17, 15) is 19.5 Å². The molecule has 2 amide bonds. The number of rotatable bonds is 15. The minimum Gasteiger partial charge on any atom is -0.481 e. The summed E-state index contributed by atoms with van der Waals surface area (Å²) in [7, 11) is 1.29. The zero-order valence-corrected chi connectivity index (χ0v) is 35.9. The molecule has 1 heterocycles. The molecule has 0 spiro atoms. The van der Waals surface area contributed by atoms with Crippen molar-refractivity contribution in [1.29, 1.82) is 1.43 Å². The molecule has 0 aliphatic carbocycles. The number of hydrogen-bond donors (Lipinski definition) is 4. The molecule has 1 fully saturated rings. The van der Waals surface area contributed by atoms with Crippen LogP contribution in [-0.4, -0.2) is 72.8 Å². The van der Waals surface area contributed by atoms with Gasteiger partial charge in [0.25, 0.3) is 0 Å². The highest BCUT2D eigenvalue weighted by molar-refractivity contribution is 6.24. The van der Waals surface area contributed by atoms with E-state index >= 15 is 0 Å². The Hall–Kier alpha value is -5.83. The zero-order chi connectivity index (χ0) is 45.1. The number of hydrogen-bond acceptors (Lipinski definition) is 5. The molecular formula is C54H60N2O6. The first-order valence-corrected chi connectivity index (χ1v) is 22.2. The van der Waals surface area contributed by atoms with Crippen LogP contribution < -0.4 is 5.32 Å². The molecule has 8 aromatic carbocycles. The lowest BCUT2D eigenvalue weighted by molar-refractivity contribution is -0.137. The summed E-state index contributed by atoms with van der Waals surface area (Å²) in [4.78, 5) is 37.5. The molecule has 1 saturated heterocycles. The highest BCUT2D eigenvalue weighted by Crippen LogP contribution is 2.38. The molecular weight excluding hydrogens is 773 g/mol. The van der Waals surface area contributed by atoms with Crippen LogP contribution in [0.25, 0.3) is 64.6 Å². The normalized spacial score (nSPS) is 14.1. The number of nitrogens with one attached hydrogen (secondary N) is 1. The average molecular weight is 837 g/mol. The van der Waals surface area contributed by atoms with Crippen molar-refractivity contribution >= 4 is 82.4 Å². The second-order valence-corrected chi connectivity index (χ2v) is 17.0. The Morgan fingerprint density at radius 1 is 0.629 bits per heavy atom. The summed E-state index contributed by atoms with van der Waals surface area (Å²) in [6.07, 6.45) is 8.48. The molecule has 8 heteroatoms. The minimum absolute atomic E-state index is 0.0320. The number of nitrogens with zero attached hydrogens (tertiary/aromatic N) is 1. The molecule has 0 atom stereocenters. The second-order valence-electron chi connectivity index (χ2n) is 17.0. The van der Waals surface area contributed by atoms with Crippen LogP contribution in [0.5, 0.6) is 0 Å². The molecule has 4 N–H and O–H groups in total. The van der Waals surface area contributed by atoms with Gasteiger partial charge in [-0.1, -0.05) is 123 Å². The maximum absolute atomic E-state index is 12.5. The maximum Gasteiger partial charge on any atom is 0.303 e. The first-order chi connectivity index (χ1) is 31.2. The van der Waals surface area contributed by atoms with Gasteiger partial charge in [0.05, 0.1) is 0 Å². The summed E-state index contributed by atoms with van der Waals surface area (Å²) < 4.78 is 13.4. The summed E-state index contributed by atoms with van der Waals surface area (Å²) in [6, 6.07) is 39.1. The topological polar surface area (TPSA) is 127 Å². The Morgan fingerprint density at radius 2 is 1.10 bits per heavy atom. The first-order valence-electron chi connectivity index (χ1n) is 23.3. The predicted octanol–water partition coefficient (Wildman–Crippen LogP) is 10.8. The summed E-state index contributed by atoms with van der Waals surface area (Å²) >= 11 is 0. The number of carbonyl (C=O) groups excluding carboxylic acids is 2. The van der Waals surface area contributed by atoms with Gasteiger partial charge in [0, 0.05) is 54.0 Å². The highest BCUT2D eigenvalue weighted by Gasteiger charge is 2.31. The molecule has 0 radical (unpaired) electrons. The van der Waals surface area contributed by atoms with Crippen LogP contribution in [-0.2, 0) is 27.2 Å². The van der Waals surface area contributed by atoms with Gasteiger partial charge in [-0.25, -0.2) is 0 Å². The quantitative estimate of drug-likeness (QED) is 0.0602. The number of carboxylic acids is 1. The van der Waals surface area contributed by atoms with Crippen LogP contribution >= 0.6 is 0 Å². The fourth-order valence-corrected chi connectivity index (χ4v) is 9.34. The number of aliphatic hydroxyl groups is 2. The first kappa shape index (κ1) is 41.5. The highest BCUT2D eigenvalue weighted by atomic mass is 16.4. The standard InChI is InChI=1S/C33H40N2O3.C20H16O2.CH4O/c1-33(23-36)18-21-35(22-19-33)30(38)11-3-2-4-20-34-29(37)10-6-7-24-12-13-27-15-14-25-8-5-9-26-16-17-28(24)32(27)31(25)26;21-18(22)6-2-3-13-7-8-16-10-9-14-4-1-5-15-11-12-17(13)20(16)19(14)15;1-2/h5,8-9,12-17,36H,2-4,6-7,10-11,18-23H2,1H3,(H,34,37);1,4-5,7-12H,2-3,6H2,(H,21,22);2H,1H3/i1T;;2T. The van der Waals surface area contributed by atoms with Crippen LogP contribution in [0.4, 0.5) is 0 Å². The van der Waals surface area contributed by atoms with Gasteiger partial charge in [0.2, 0.25) is 13.2 Å². The van der Waals surface area contributed by atoms with Gasteiger partial charge in [-0.2, -0.15) is 0 Å². The fourth-order valence-electron chi connectivity index (χ4n) is 9.34. The Bertz CT molecular complexity index is 2780. The molecule has 8 nitrogen and oxygen atoms in total. The average Bonchev–Trinajstić information content (AvgIpc) is 3.32. The van der Waals surface area contributed by atoms with E-state index in [1.165, 1.54) is 82.9 Å². The molecule has 0 unspecified atom stereocenters. The molecule has 62 heavy (non-hydrogen) atoms. The number of aliphatic carboxylic acids is 1. The molecule has 1 aliphatic rings. The minimum atomic E-state index is -0.724. The molecule has 8 aromatic rings. The van der Waals surface area contributed by atoms with Crippen LogP contribution in [0.3, 0.4) is 0 Å². The number of aliphatic hydroxyl groups excluding tert-OH is 2. The zero-order valence-electron chi connectivity index (χ0n) is 37.9. The summed E-state index contributed by atoms with van der Waals surface area (Å²) in [5.41, 5.74) is 2.22. The lowest BCUT2D eigenvalue weighted by atomic mass is 9.81. The van der Waals surface area contributed by atoms with Gasteiger partial charge in [-0.15, -0.1) is 0 Å². The third-order valence-electron chi connectivity index (χ3n) is 12.8. The van der Waals surface area contributed by atoms with Gasteiger partial charge in [-0.3, -0.25) is 14.4 Å². The van der Waals surface area contributed by atoms with Gasteiger partial charge in [-0.05, 0) is 133 Å². The molecule has 9 rings (SSSR count). The van der Waals surface area contributed by atoms with E-state index in [4.69, 9.17) is 7.91 Å². The van der Waals surface area contributed by atoms with E-state index in [0.29, 0.717) is 51.7 Å². The van der Waals surface area contributed by atoms with Crippen molar-refractivity contribution in [2.45, 2.75) is 83.9 Å². The Balaban J connectivity index is 0.000000205. The summed E-state index contributed by atoms with van der Waals surface area (Å²) in [5, 5.41) is 40.4. The number of aryl methyl sites for hydroxylation is 2. The number of carbonyl (C=O) groups is 3. The van der Waals surface area contributed by atoms with Gasteiger partial charge >= 0.3 is 5.97 Å². The lowest BCUT2D eigenvalue weighted by Gasteiger charge is -2.38. The van der Waals surface area contributed by atoms with Crippen LogP contribution in [0.2, 0.25) is 0 Å². The van der Waals surface area contributed by atoms with Crippen molar-refractivity contribution in [1.82, 2.24) is 10.2 Å². The van der Waals surface area contributed by atoms with Crippen molar-refractivity contribution in [2.75, 3.05) is 33.4 Å². The molecule has 0 bridgehead atoms. The maximum atomic E-state index is 12.5. The van der Waals surface area contributed by atoms with E-state index < -0.39 is 5.97 Å². The molecule has 0 saturated carbocycles. The lowest BCUT2D eigenvalue weighted by Crippen LogP contribution is -2.43. The number of benzene rings is 8. The van der Waals surface area contributed by atoms with Crippen molar-refractivity contribution in [3.63, 3.8) is 0 Å². The van der Waals surface area contributed by atoms with Crippen LogP contribution in [0, 0.1) is 5.41 Å². The van der Waals surface area contributed by atoms with Crippen molar-refractivity contribution < 1.29 is 31.1 Å². The number of unbranched alkanes of at least 4 members (excludes halogenated alkanes) is 2. The number of piperidine rings is 1. The number of likely N-dealkylation sites (tertiary alicyclic amines) is 1. The monoisotopic (exact) mass is 836 g/mol. The largest absolute Gasteiger partial charge is 0.481 e. The number of carboxylic acid groups (broad SMARTS) is 1. The third kappa shape index (κ3) is 9.93. The van der Waals surface area contributed by atoms with E-state index in [1.54, 1.807) is 0 Å². The van der Waals surface area contributed by atoms with E-state index in [-0.39, 0.29) is 37.2 Å². The number of amides is 2. The second kappa shape index (κ2) is 20.4. The third-order valence-corrected chi connectivity index (χ3v) is 12.8. The summed E-state index contributed by atoms with van der Waals surface area (Å²) in [6.45, 7) is 2.19. The molecule has 1 aliphatic heterocycles. The Labute approximate surface area is 367 Å². The SMILES string of the molecule is O=C(O)CCCc1ccc2ccc3cccc4ccc1c2c34.[3H]CC1(CO)CCN(C(=O)CCCCCNC(=O)CCCc2ccc3ccc4cccc5ccc2c3c45)CC1.[3H]OC. The van der Waals surface area contributed by atoms with E-state index in [0.717, 1.165) is 38.5 Å². The van der Waals surface area contributed by atoms with Crippen LogP contribution in [0.1, 0.15) is 83.6 Å². The van der Waals surface area contributed by atoms with Gasteiger partial charge in [0.1, 0.15) is 0 Å². The molecule has 0 aromatic heterocycles. The van der Waals surface area contributed by atoms with Crippen molar-refractivity contribution in [3.8, 4) is 0 Å². The van der Waals surface area contributed by atoms with E-state index in [2.05, 4.69) is 120 Å². The fraction of sp³-hybridized carbons (Fsp3) is 0.352. The van der Waals surface area contributed by atoms with Crippen LogP contribution in [0.15, 0.2) is 109 Å². The van der Waals surface area contributed by atoms with Crippen molar-refractivity contribution in [2.24, 2.45) is 5.41 Å². The van der Waals surface area contributed by atoms with E-state index in [1.807, 2.05) is 4.90 Å². The Kier molecular flexibility index (Phi) is 13.6. The summed E-state index contributed by atoms with van der Waals surface area (Å²) in [5.74, 6) is -0.459. The van der Waals surface area contributed by atoms with Gasteiger partial charge < -0.3 is 25.5 Å². The smallest absolute Gasteiger partial charge is 0.303 e. The predicted molar refractivity (Wildman–Crippen MR) is 254 cm³/mol. The molecule has 322 valence electrons.